The number of carbonyl (C=O) groups excluding carboxylic acids is 1. The first-order chi connectivity index (χ1) is 8.40. The molecule has 104 valence electrons. The SMILES string of the molecule is CC(CN(C)CC(=O)N1CCN(C)CC1)C(=O)O. The van der Waals surface area contributed by atoms with Gasteiger partial charge in [-0.3, -0.25) is 14.5 Å². The van der Waals surface area contributed by atoms with Gasteiger partial charge < -0.3 is 14.9 Å². The van der Waals surface area contributed by atoms with Crippen LogP contribution >= 0.6 is 0 Å². The number of aliphatic carboxylic acids is 1. The van der Waals surface area contributed by atoms with Crippen molar-refractivity contribution >= 4 is 11.9 Å². The van der Waals surface area contributed by atoms with Crippen molar-refractivity contribution in [3.8, 4) is 0 Å². The lowest BCUT2D eigenvalue weighted by atomic mass is 10.2. The van der Waals surface area contributed by atoms with Crippen molar-refractivity contribution in [1.82, 2.24) is 14.7 Å². The highest BCUT2D eigenvalue weighted by Gasteiger charge is 2.21. The zero-order valence-corrected chi connectivity index (χ0v) is 11.4. The van der Waals surface area contributed by atoms with Crippen molar-refractivity contribution in [2.24, 2.45) is 5.92 Å². The van der Waals surface area contributed by atoms with E-state index in [0.29, 0.717) is 13.1 Å². The van der Waals surface area contributed by atoms with E-state index in [9.17, 15) is 9.59 Å². The van der Waals surface area contributed by atoms with Gasteiger partial charge in [-0.1, -0.05) is 6.92 Å². The Bertz CT molecular complexity index is 301. The Balaban J connectivity index is 2.33. The molecule has 0 aromatic carbocycles. The van der Waals surface area contributed by atoms with E-state index in [1.165, 1.54) is 0 Å². The molecule has 1 amide bonds. The van der Waals surface area contributed by atoms with Gasteiger partial charge in [0.15, 0.2) is 0 Å². The molecule has 0 saturated carbocycles. The number of carbonyl (C=O) groups is 2. The molecule has 1 aliphatic heterocycles. The largest absolute Gasteiger partial charge is 0.481 e. The van der Waals surface area contributed by atoms with Gasteiger partial charge >= 0.3 is 5.97 Å². The number of hydrogen-bond acceptors (Lipinski definition) is 4. The molecule has 6 heteroatoms. The molecule has 0 aromatic rings. The molecule has 1 N–H and O–H groups in total. The van der Waals surface area contributed by atoms with Crippen molar-refractivity contribution in [3.63, 3.8) is 0 Å². The van der Waals surface area contributed by atoms with E-state index in [1.807, 2.05) is 11.9 Å². The van der Waals surface area contributed by atoms with Gasteiger partial charge in [0.05, 0.1) is 12.5 Å². The number of likely N-dealkylation sites (N-methyl/N-ethyl adjacent to an activating group) is 2. The average Bonchev–Trinajstić information content (AvgIpc) is 2.29. The fourth-order valence-electron chi connectivity index (χ4n) is 2.00. The predicted molar refractivity (Wildman–Crippen MR) is 68.4 cm³/mol. The molecule has 0 bridgehead atoms. The maximum Gasteiger partial charge on any atom is 0.307 e. The van der Waals surface area contributed by atoms with Crippen LogP contribution in [0.4, 0.5) is 0 Å². The van der Waals surface area contributed by atoms with Crippen molar-refractivity contribution in [3.05, 3.63) is 0 Å². The first-order valence-corrected chi connectivity index (χ1v) is 6.28. The number of piperazine rings is 1. The molecule has 1 atom stereocenters. The summed E-state index contributed by atoms with van der Waals surface area (Å²) in [5.74, 6) is -1.19. The first kappa shape index (κ1) is 14.9. The lowest BCUT2D eigenvalue weighted by Crippen LogP contribution is -2.50. The fourth-order valence-corrected chi connectivity index (χ4v) is 2.00. The van der Waals surface area contributed by atoms with Gasteiger partial charge in [0.2, 0.25) is 5.91 Å². The van der Waals surface area contributed by atoms with E-state index >= 15 is 0 Å². The molecule has 1 unspecified atom stereocenters. The molecule has 0 aromatic heterocycles. The van der Waals surface area contributed by atoms with Crippen LogP contribution in [0, 0.1) is 5.92 Å². The highest BCUT2D eigenvalue weighted by molar-refractivity contribution is 5.78. The Morgan fingerprint density at radius 1 is 1.28 bits per heavy atom. The molecule has 0 spiro atoms. The lowest BCUT2D eigenvalue weighted by Gasteiger charge is -2.33. The van der Waals surface area contributed by atoms with Crippen LogP contribution in [0.3, 0.4) is 0 Å². The van der Waals surface area contributed by atoms with E-state index < -0.39 is 11.9 Å². The summed E-state index contributed by atoms with van der Waals surface area (Å²) < 4.78 is 0. The van der Waals surface area contributed by atoms with E-state index in [0.717, 1.165) is 26.2 Å². The second-order valence-corrected chi connectivity index (χ2v) is 5.12. The summed E-state index contributed by atoms with van der Waals surface area (Å²) >= 11 is 0. The first-order valence-electron chi connectivity index (χ1n) is 6.28. The minimum atomic E-state index is -0.825. The molecular weight excluding hydrogens is 234 g/mol. The van der Waals surface area contributed by atoms with E-state index in [1.54, 1.807) is 18.9 Å². The second kappa shape index (κ2) is 6.70. The summed E-state index contributed by atoms with van der Waals surface area (Å²) in [5, 5.41) is 8.82. The van der Waals surface area contributed by atoms with Crippen LogP contribution in [0.15, 0.2) is 0 Å². The van der Waals surface area contributed by atoms with Crippen LogP contribution in [0.5, 0.6) is 0 Å². The number of nitrogens with zero attached hydrogens (tertiary/aromatic N) is 3. The summed E-state index contributed by atoms with van der Waals surface area (Å²) in [6, 6.07) is 0. The average molecular weight is 257 g/mol. The molecule has 1 heterocycles. The predicted octanol–water partition coefficient (Wildman–Crippen LogP) is -0.587. The Morgan fingerprint density at radius 3 is 2.33 bits per heavy atom. The molecule has 6 nitrogen and oxygen atoms in total. The highest BCUT2D eigenvalue weighted by Crippen LogP contribution is 2.02. The van der Waals surface area contributed by atoms with Gasteiger partial charge in [-0.15, -0.1) is 0 Å². The van der Waals surface area contributed by atoms with E-state index in [-0.39, 0.29) is 5.91 Å². The van der Waals surface area contributed by atoms with E-state index in [4.69, 9.17) is 5.11 Å². The second-order valence-electron chi connectivity index (χ2n) is 5.12. The molecule has 1 rings (SSSR count). The number of amides is 1. The van der Waals surface area contributed by atoms with Gasteiger partial charge in [0.1, 0.15) is 0 Å². The number of rotatable bonds is 5. The lowest BCUT2D eigenvalue weighted by molar-refractivity contribution is -0.142. The van der Waals surface area contributed by atoms with Crippen molar-refractivity contribution in [1.29, 1.82) is 0 Å². The molecule has 0 radical (unpaired) electrons. The summed E-state index contributed by atoms with van der Waals surface area (Å²) in [6.45, 7) is 5.67. The molecular formula is C12H23N3O3. The Morgan fingerprint density at radius 2 is 1.83 bits per heavy atom. The van der Waals surface area contributed by atoms with Gasteiger partial charge in [-0.25, -0.2) is 0 Å². The maximum atomic E-state index is 12.0. The van der Waals surface area contributed by atoms with E-state index in [2.05, 4.69) is 4.90 Å². The van der Waals surface area contributed by atoms with Gasteiger partial charge in [0, 0.05) is 32.7 Å². The molecule has 1 fully saturated rings. The highest BCUT2D eigenvalue weighted by atomic mass is 16.4. The van der Waals surface area contributed by atoms with Crippen LogP contribution < -0.4 is 0 Å². The summed E-state index contributed by atoms with van der Waals surface area (Å²) in [6.07, 6.45) is 0. The molecule has 1 aliphatic rings. The van der Waals surface area contributed by atoms with Crippen molar-refractivity contribution in [2.45, 2.75) is 6.92 Å². The Hall–Kier alpha value is -1.14. The summed E-state index contributed by atoms with van der Waals surface area (Å²) in [5.41, 5.74) is 0. The number of carboxylic acids is 1. The number of hydrogen-bond donors (Lipinski definition) is 1. The van der Waals surface area contributed by atoms with Gasteiger partial charge in [0.25, 0.3) is 0 Å². The standard InChI is InChI=1S/C12H23N3O3/c1-10(12(17)18)8-14(3)9-11(16)15-6-4-13(2)5-7-15/h10H,4-9H2,1-3H3,(H,17,18). The van der Waals surface area contributed by atoms with Crippen LogP contribution in [0.1, 0.15) is 6.92 Å². The summed E-state index contributed by atoms with van der Waals surface area (Å²) in [7, 11) is 3.83. The van der Waals surface area contributed by atoms with Crippen LogP contribution in [-0.4, -0.2) is 85.0 Å². The normalized spacial score (nSPS) is 19.0. The third kappa shape index (κ3) is 4.62. The third-order valence-electron chi connectivity index (χ3n) is 3.27. The van der Waals surface area contributed by atoms with Crippen LogP contribution in [0.25, 0.3) is 0 Å². The topological polar surface area (TPSA) is 64.1 Å². The smallest absolute Gasteiger partial charge is 0.307 e. The monoisotopic (exact) mass is 257 g/mol. The van der Waals surface area contributed by atoms with Gasteiger partial charge in [-0.05, 0) is 14.1 Å². The fraction of sp³-hybridized carbons (Fsp3) is 0.833. The maximum absolute atomic E-state index is 12.0. The number of carboxylic acid groups (broad SMARTS) is 1. The van der Waals surface area contributed by atoms with Crippen molar-refractivity contribution in [2.75, 3.05) is 53.4 Å². The molecule has 18 heavy (non-hydrogen) atoms. The van der Waals surface area contributed by atoms with Crippen molar-refractivity contribution < 1.29 is 14.7 Å². The third-order valence-corrected chi connectivity index (χ3v) is 3.27. The quantitative estimate of drug-likeness (QED) is 0.713. The van der Waals surface area contributed by atoms with Crippen LogP contribution in [0.2, 0.25) is 0 Å². The zero-order chi connectivity index (χ0) is 13.7. The van der Waals surface area contributed by atoms with Crippen LogP contribution in [-0.2, 0) is 9.59 Å². The zero-order valence-electron chi connectivity index (χ0n) is 11.4. The Kier molecular flexibility index (Phi) is 5.55. The Labute approximate surface area is 108 Å². The van der Waals surface area contributed by atoms with Gasteiger partial charge in [-0.2, -0.15) is 0 Å². The summed E-state index contributed by atoms with van der Waals surface area (Å²) in [4.78, 5) is 28.5. The molecule has 1 saturated heterocycles. The minimum Gasteiger partial charge on any atom is -0.481 e. The molecule has 0 aliphatic carbocycles. The minimum absolute atomic E-state index is 0.0863.